The van der Waals surface area contributed by atoms with Gasteiger partial charge in [0.05, 0.1) is 12.2 Å². The molecule has 2 N–H and O–H groups in total. The van der Waals surface area contributed by atoms with E-state index in [9.17, 15) is 0 Å². The second kappa shape index (κ2) is 4.86. The zero-order valence-electron chi connectivity index (χ0n) is 10.4. The van der Waals surface area contributed by atoms with E-state index in [2.05, 4.69) is 41.3 Å². The monoisotopic (exact) mass is 242 g/mol. The summed E-state index contributed by atoms with van der Waals surface area (Å²) >= 11 is 0. The topological polar surface area (TPSA) is 38.5 Å². The molecule has 0 bridgehead atoms. The van der Waals surface area contributed by atoms with E-state index in [1.165, 1.54) is 16.5 Å². The van der Waals surface area contributed by atoms with Gasteiger partial charge >= 0.3 is 0 Å². The summed E-state index contributed by atoms with van der Waals surface area (Å²) in [5, 5.41) is 2.43. The lowest BCUT2D eigenvalue weighted by molar-refractivity contribution is 0.311. The molecule has 0 atom stereocenters. The van der Waals surface area contributed by atoms with Gasteiger partial charge in [-0.2, -0.15) is 0 Å². The third-order valence-corrected chi connectivity index (χ3v) is 3.44. The van der Waals surface area contributed by atoms with Crippen molar-refractivity contribution in [2.75, 3.05) is 31.1 Å². The summed E-state index contributed by atoms with van der Waals surface area (Å²) in [5.41, 5.74) is 6.80. The van der Waals surface area contributed by atoms with Crippen molar-refractivity contribution in [3.63, 3.8) is 0 Å². The van der Waals surface area contributed by atoms with Gasteiger partial charge in [-0.1, -0.05) is 30.3 Å². The maximum atomic E-state index is 5.87. The Morgan fingerprint density at radius 1 is 1.17 bits per heavy atom. The van der Waals surface area contributed by atoms with Crippen molar-refractivity contribution in [3.05, 3.63) is 36.4 Å². The fraction of sp³-hybridized carbons (Fsp3) is 0.333. The minimum absolute atomic E-state index is 0.736. The first kappa shape index (κ1) is 11.4. The van der Waals surface area contributed by atoms with Gasteiger partial charge in [0.2, 0.25) is 0 Å². The van der Waals surface area contributed by atoms with Gasteiger partial charge in [-0.05, 0) is 24.4 Å². The van der Waals surface area contributed by atoms with Crippen LogP contribution in [0.25, 0.3) is 10.8 Å². The average Bonchev–Trinajstić information content (AvgIpc) is 2.44. The van der Waals surface area contributed by atoms with E-state index in [0.717, 1.165) is 38.4 Å². The molecule has 3 nitrogen and oxygen atoms in total. The molecule has 1 heterocycles. The average molecular weight is 242 g/mol. The number of rotatable bonds is 3. The predicted octanol–water partition coefficient (Wildman–Crippen LogP) is 2.39. The highest BCUT2D eigenvalue weighted by atomic mass is 16.5. The van der Waals surface area contributed by atoms with Gasteiger partial charge in [0.1, 0.15) is 12.4 Å². The van der Waals surface area contributed by atoms with E-state index in [1.54, 1.807) is 0 Å². The highest BCUT2D eigenvalue weighted by Crippen LogP contribution is 2.38. The number of anilines is 1. The fourth-order valence-electron chi connectivity index (χ4n) is 2.52. The van der Waals surface area contributed by atoms with Crippen molar-refractivity contribution in [2.45, 2.75) is 6.42 Å². The van der Waals surface area contributed by atoms with Crippen LogP contribution in [0.5, 0.6) is 5.75 Å². The quantitative estimate of drug-likeness (QED) is 0.898. The van der Waals surface area contributed by atoms with Crippen molar-refractivity contribution >= 4 is 16.5 Å². The molecule has 94 valence electrons. The lowest BCUT2D eigenvalue weighted by Gasteiger charge is -2.32. The molecule has 2 aromatic rings. The minimum Gasteiger partial charge on any atom is -0.489 e. The van der Waals surface area contributed by atoms with Crippen LogP contribution in [-0.4, -0.2) is 26.2 Å². The van der Waals surface area contributed by atoms with Crippen molar-refractivity contribution in [3.8, 4) is 5.75 Å². The van der Waals surface area contributed by atoms with Crippen molar-refractivity contribution in [1.82, 2.24) is 0 Å². The Bertz CT molecular complexity index is 553. The zero-order valence-corrected chi connectivity index (χ0v) is 10.4. The smallest absolute Gasteiger partial charge is 0.150 e. The molecular weight excluding hydrogens is 224 g/mol. The van der Waals surface area contributed by atoms with Crippen molar-refractivity contribution in [2.24, 2.45) is 5.73 Å². The zero-order chi connectivity index (χ0) is 12.4. The minimum atomic E-state index is 0.736. The molecule has 1 aliphatic heterocycles. The number of benzene rings is 2. The summed E-state index contributed by atoms with van der Waals surface area (Å²) in [6, 6.07) is 12.7. The molecule has 0 aliphatic carbocycles. The number of ether oxygens (including phenoxy) is 1. The number of nitrogens with two attached hydrogens (primary N) is 1. The molecule has 18 heavy (non-hydrogen) atoms. The van der Waals surface area contributed by atoms with Crippen LogP contribution >= 0.6 is 0 Å². The predicted molar refractivity (Wildman–Crippen MR) is 75.3 cm³/mol. The van der Waals surface area contributed by atoms with Crippen molar-refractivity contribution < 1.29 is 4.74 Å². The molecule has 0 saturated heterocycles. The van der Waals surface area contributed by atoms with Crippen molar-refractivity contribution in [1.29, 1.82) is 0 Å². The highest BCUT2D eigenvalue weighted by Gasteiger charge is 2.19. The Morgan fingerprint density at radius 2 is 2.06 bits per heavy atom. The van der Waals surface area contributed by atoms with Gasteiger partial charge in [-0.3, -0.25) is 0 Å². The Labute approximate surface area is 107 Å². The largest absolute Gasteiger partial charge is 0.489 e. The van der Waals surface area contributed by atoms with Crippen LogP contribution in [0.4, 0.5) is 5.69 Å². The Morgan fingerprint density at radius 3 is 2.94 bits per heavy atom. The normalized spacial score (nSPS) is 14.4. The molecule has 0 spiro atoms. The third kappa shape index (κ3) is 1.91. The molecule has 0 unspecified atom stereocenters. The summed E-state index contributed by atoms with van der Waals surface area (Å²) in [6.07, 6.45) is 1.02. The SMILES string of the molecule is NCCCN1CCOc2c1ccc1ccccc21. The van der Waals surface area contributed by atoms with E-state index in [-0.39, 0.29) is 0 Å². The molecular formula is C15H18N2O. The molecule has 2 aromatic carbocycles. The molecule has 0 aromatic heterocycles. The summed E-state index contributed by atoms with van der Waals surface area (Å²) in [4.78, 5) is 2.37. The molecule has 3 heteroatoms. The van der Waals surface area contributed by atoms with Crippen LogP contribution in [0.3, 0.4) is 0 Å². The van der Waals surface area contributed by atoms with E-state index in [4.69, 9.17) is 10.5 Å². The van der Waals surface area contributed by atoms with Gasteiger partial charge in [0.25, 0.3) is 0 Å². The van der Waals surface area contributed by atoms with E-state index in [0.29, 0.717) is 0 Å². The molecule has 0 radical (unpaired) electrons. The molecule has 3 rings (SSSR count). The van der Waals surface area contributed by atoms with Crippen LogP contribution in [0, 0.1) is 0 Å². The van der Waals surface area contributed by atoms with Crippen LogP contribution < -0.4 is 15.4 Å². The van der Waals surface area contributed by atoms with Gasteiger partial charge in [0, 0.05) is 11.9 Å². The second-order valence-corrected chi connectivity index (χ2v) is 4.61. The molecule has 0 fully saturated rings. The van der Waals surface area contributed by atoms with Crippen LogP contribution in [-0.2, 0) is 0 Å². The molecule has 0 amide bonds. The van der Waals surface area contributed by atoms with E-state index >= 15 is 0 Å². The maximum Gasteiger partial charge on any atom is 0.150 e. The number of nitrogens with zero attached hydrogens (tertiary/aromatic N) is 1. The third-order valence-electron chi connectivity index (χ3n) is 3.44. The number of hydrogen-bond donors (Lipinski definition) is 1. The first-order valence-electron chi connectivity index (χ1n) is 6.50. The summed E-state index contributed by atoms with van der Waals surface area (Å²) in [5.74, 6) is 1.02. The van der Waals surface area contributed by atoms with Gasteiger partial charge in [0.15, 0.2) is 0 Å². The van der Waals surface area contributed by atoms with E-state index < -0.39 is 0 Å². The molecule has 0 saturated carbocycles. The first-order valence-corrected chi connectivity index (χ1v) is 6.50. The lowest BCUT2D eigenvalue weighted by atomic mass is 10.1. The second-order valence-electron chi connectivity index (χ2n) is 4.61. The highest BCUT2D eigenvalue weighted by molar-refractivity contribution is 5.94. The summed E-state index contributed by atoms with van der Waals surface area (Å²) < 4.78 is 5.87. The Balaban J connectivity index is 2.05. The summed E-state index contributed by atoms with van der Waals surface area (Å²) in [6.45, 7) is 3.45. The van der Waals surface area contributed by atoms with Gasteiger partial charge in [-0.25, -0.2) is 0 Å². The van der Waals surface area contributed by atoms with Crippen LogP contribution in [0.1, 0.15) is 6.42 Å². The Hall–Kier alpha value is -1.74. The van der Waals surface area contributed by atoms with Crippen LogP contribution in [0.15, 0.2) is 36.4 Å². The summed E-state index contributed by atoms with van der Waals surface area (Å²) in [7, 11) is 0. The van der Waals surface area contributed by atoms with Crippen LogP contribution in [0.2, 0.25) is 0 Å². The maximum absolute atomic E-state index is 5.87. The number of hydrogen-bond acceptors (Lipinski definition) is 3. The van der Waals surface area contributed by atoms with E-state index in [1.807, 2.05) is 0 Å². The lowest BCUT2D eigenvalue weighted by Crippen LogP contribution is -2.34. The standard InChI is InChI=1S/C15H18N2O/c16-8-3-9-17-10-11-18-15-13-5-2-1-4-12(13)6-7-14(15)17/h1-2,4-7H,3,8-11,16H2. The first-order chi connectivity index (χ1) is 8.90. The van der Waals surface area contributed by atoms with Gasteiger partial charge < -0.3 is 15.4 Å². The molecule has 1 aliphatic rings. The van der Waals surface area contributed by atoms with Gasteiger partial charge in [-0.15, -0.1) is 0 Å². The number of fused-ring (bicyclic) bond motifs is 3. The Kier molecular flexibility index (Phi) is 3.07. The fourth-order valence-corrected chi connectivity index (χ4v) is 2.52.